The molecule has 0 spiro atoms. The van der Waals surface area contributed by atoms with Crippen molar-refractivity contribution in [3.8, 4) is 0 Å². The van der Waals surface area contributed by atoms with Crippen LogP contribution < -0.4 is 0 Å². The van der Waals surface area contributed by atoms with E-state index in [1.54, 1.807) is 6.08 Å². The second-order valence-electron chi connectivity index (χ2n) is 9.84. The number of ketones is 2. The van der Waals surface area contributed by atoms with Gasteiger partial charge in [-0.15, -0.1) is 23.2 Å². The number of aliphatic hydroxyl groups is 3. The van der Waals surface area contributed by atoms with Gasteiger partial charge in [0.05, 0.1) is 16.4 Å². The van der Waals surface area contributed by atoms with Crippen molar-refractivity contribution in [3.63, 3.8) is 0 Å². The smallest absolute Gasteiger partial charge is 0.190 e. The van der Waals surface area contributed by atoms with Gasteiger partial charge in [-0.25, -0.2) is 0 Å². The van der Waals surface area contributed by atoms with E-state index in [2.05, 4.69) is 0 Å². The van der Waals surface area contributed by atoms with Gasteiger partial charge in [0.25, 0.3) is 0 Å². The van der Waals surface area contributed by atoms with E-state index in [4.69, 9.17) is 23.2 Å². The molecule has 5 nitrogen and oxygen atoms in total. The molecule has 4 aliphatic carbocycles. The van der Waals surface area contributed by atoms with Gasteiger partial charge in [-0.05, 0) is 54.7 Å². The van der Waals surface area contributed by atoms with Gasteiger partial charge in [0.2, 0.25) is 0 Å². The normalized spacial score (nSPS) is 53.7. The summed E-state index contributed by atoms with van der Waals surface area (Å²) in [7, 11) is 0. The molecule has 0 radical (unpaired) electrons. The Balaban J connectivity index is 1.87. The second-order valence-corrected chi connectivity index (χ2v) is 11.0. The number of carbonyl (C=O) groups excluding carboxylic acids is 2. The average Bonchev–Trinajstić information content (AvgIpc) is 2.86. The first-order valence-electron chi connectivity index (χ1n) is 10.2. The molecule has 3 saturated carbocycles. The average molecular weight is 443 g/mol. The van der Waals surface area contributed by atoms with E-state index in [-0.39, 0.29) is 30.0 Å². The summed E-state index contributed by atoms with van der Waals surface area (Å²) in [6.07, 6.45) is 4.85. The van der Waals surface area contributed by atoms with Crippen LogP contribution in [0.3, 0.4) is 0 Å². The van der Waals surface area contributed by atoms with Crippen LogP contribution in [0.25, 0.3) is 0 Å². The number of halogens is 2. The third-order valence-corrected chi connectivity index (χ3v) is 10.1. The molecule has 0 bridgehead atoms. The van der Waals surface area contributed by atoms with Gasteiger partial charge in [0, 0.05) is 10.8 Å². The Hall–Kier alpha value is -0.720. The zero-order chi connectivity index (χ0) is 21.6. The van der Waals surface area contributed by atoms with Gasteiger partial charge in [-0.3, -0.25) is 9.59 Å². The number of fused-ring (bicyclic) bond motifs is 5. The number of alkyl halides is 2. The molecule has 4 aliphatic rings. The summed E-state index contributed by atoms with van der Waals surface area (Å²) in [4.78, 5) is 23.5. The van der Waals surface area contributed by atoms with Gasteiger partial charge in [0.15, 0.2) is 11.6 Å². The summed E-state index contributed by atoms with van der Waals surface area (Å²) >= 11 is 14.1. The van der Waals surface area contributed by atoms with Crippen molar-refractivity contribution in [3.05, 3.63) is 23.8 Å². The minimum absolute atomic E-state index is 0.127. The molecule has 3 fully saturated rings. The highest BCUT2D eigenvalue weighted by atomic mass is 35.5. The summed E-state index contributed by atoms with van der Waals surface area (Å²) in [5.74, 6) is -1.58. The van der Waals surface area contributed by atoms with Gasteiger partial charge < -0.3 is 15.3 Å². The second kappa shape index (κ2) is 6.39. The molecule has 160 valence electrons. The van der Waals surface area contributed by atoms with Crippen LogP contribution in [-0.4, -0.2) is 55.4 Å². The van der Waals surface area contributed by atoms with E-state index >= 15 is 0 Å². The Labute approximate surface area is 180 Å². The topological polar surface area (TPSA) is 94.8 Å². The van der Waals surface area contributed by atoms with Crippen LogP contribution in [0.4, 0.5) is 0 Å². The summed E-state index contributed by atoms with van der Waals surface area (Å²) in [6.45, 7) is 4.80. The zero-order valence-electron chi connectivity index (χ0n) is 16.9. The maximum Gasteiger partial charge on any atom is 0.190 e. The molecular formula is C22H28Cl2O5. The van der Waals surface area contributed by atoms with E-state index in [1.165, 1.54) is 12.2 Å². The van der Waals surface area contributed by atoms with Crippen LogP contribution >= 0.6 is 23.2 Å². The van der Waals surface area contributed by atoms with Crippen molar-refractivity contribution in [2.45, 2.75) is 62.0 Å². The molecule has 0 saturated heterocycles. The lowest BCUT2D eigenvalue weighted by atomic mass is 9.45. The molecule has 0 amide bonds. The Morgan fingerprint density at radius 2 is 1.93 bits per heavy atom. The molecule has 9 atom stereocenters. The number of Topliss-reactive ketones (excluding diaryl/α,β-unsaturated/α-hetero) is 1. The fourth-order valence-electron chi connectivity index (χ4n) is 7.25. The highest BCUT2D eigenvalue weighted by Gasteiger charge is 2.75. The van der Waals surface area contributed by atoms with Gasteiger partial charge in [-0.1, -0.05) is 26.8 Å². The van der Waals surface area contributed by atoms with Crippen molar-refractivity contribution < 1.29 is 24.9 Å². The minimum atomic E-state index is -1.73. The van der Waals surface area contributed by atoms with Crippen LogP contribution in [0.2, 0.25) is 0 Å². The highest BCUT2D eigenvalue weighted by Crippen LogP contribution is 2.71. The van der Waals surface area contributed by atoms with E-state index in [0.29, 0.717) is 18.4 Å². The number of hydrogen-bond acceptors (Lipinski definition) is 5. The van der Waals surface area contributed by atoms with Crippen molar-refractivity contribution in [2.24, 2.45) is 28.6 Å². The van der Waals surface area contributed by atoms with Gasteiger partial charge >= 0.3 is 0 Å². The molecule has 0 unspecified atom stereocenters. The van der Waals surface area contributed by atoms with E-state index in [9.17, 15) is 24.9 Å². The maximum atomic E-state index is 12.6. The molecule has 29 heavy (non-hydrogen) atoms. The molecule has 3 N–H and O–H groups in total. The van der Waals surface area contributed by atoms with Crippen molar-refractivity contribution in [1.29, 1.82) is 0 Å². The maximum absolute atomic E-state index is 12.6. The molecule has 0 heterocycles. The number of aliphatic hydroxyl groups excluding tert-OH is 2. The Morgan fingerprint density at radius 1 is 1.28 bits per heavy atom. The van der Waals surface area contributed by atoms with Crippen molar-refractivity contribution in [1.82, 2.24) is 0 Å². The number of carbonyl (C=O) groups is 2. The largest absolute Gasteiger partial charge is 0.391 e. The predicted molar refractivity (Wildman–Crippen MR) is 110 cm³/mol. The van der Waals surface area contributed by atoms with Gasteiger partial charge in [-0.2, -0.15) is 0 Å². The Bertz CT molecular complexity index is 839. The number of rotatable bonds is 2. The molecule has 4 rings (SSSR count). The Kier molecular flexibility index (Phi) is 4.74. The quantitative estimate of drug-likeness (QED) is 0.570. The first-order valence-corrected chi connectivity index (χ1v) is 11.0. The molecular weight excluding hydrogens is 415 g/mol. The third-order valence-electron chi connectivity index (χ3n) is 8.78. The van der Waals surface area contributed by atoms with Crippen LogP contribution in [0, 0.1) is 28.6 Å². The SMILES string of the molecule is C[C@@H]1C[C@H]2[C@@H]3C[C@H](Cl)C4=CC(=O)C=C[C@]4(C)[C@@]3(Cl)[C@@H](O)C[C@]2(C)[C@@]1(O)C(=O)CO. The summed E-state index contributed by atoms with van der Waals surface area (Å²) in [6, 6.07) is 0. The lowest BCUT2D eigenvalue weighted by Gasteiger charge is -2.64. The monoisotopic (exact) mass is 442 g/mol. The molecule has 0 aromatic heterocycles. The Morgan fingerprint density at radius 3 is 2.55 bits per heavy atom. The lowest BCUT2D eigenvalue weighted by molar-refractivity contribution is -0.179. The van der Waals surface area contributed by atoms with E-state index in [0.717, 1.165) is 0 Å². The zero-order valence-corrected chi connectivity index (χ0v) is 18.4. The minimum Gasteiger partial charge on any atom is -0.391 e. The molecule has 0 aromatic rings. The standard InChI is InChI=1S/C22H28Cl2O5/c1-11-6-13-14-8-16(23)15-7-12(26)4-5-19(15,2)21(14,24)17(27)9-20(13,3)22(11,29)18(28)10-25/h4-5,7,11,13-14,16-17,25,27,29H,6,8-10H2,1-3H3/t11-,13+,14+,16+,17+,19+,20+,21+,22+/m1/s1. The fourth-order valence-corrected chi connectivity index (χ4v) is 8.23. The van der Waals surface area contributed by atoms with Crippen molar-refractivity contribution >= 4 is 34.8 Å². The van der Waals surface area contributed by atoms with Gasteiger partial charge in [0.1, 0.15) is 12.2 Å². The molecule has 7 heteroatoms. The van der Waals surface area contributed by atoms with Crippen LogP contribution in [0.5, 0.6) is 0 Å². The number of allylic oxidation sites excluding steroid dienone is 4. The number of hydrogen-bond donors (Lipinski definition) is 3. The van der Waals surface area contributed by atoms with E-state index < -0.39 is 45.2 Å². The van der Waals surface area contributed by atoms with Crippen molar-refractivity contribution in [2.75, 3.05) is 6.61 Å². The first kappa shape index (κ1) is 21.5. The third kappa shape index (κ3) is 2.34. The van der Waals surface area contributed by atoms with E-state index in [1.807, 2.05) is 20.8 Å². The van der Waals surface area contributed by atoms with Crippen LogP contribution in [0.1, 0.15) is 40.0 Å². The lowest BCUT2D eigenvalue weighted by Crippen LogP contribution is -2.70. The summed E-state index contributed by atoms with van der Waals surface area (Å²) in [5, 5.41) is 32.0. The fraction of sp³-hybridized carbons (Fsp3) is 0.727. The first-order chi connectivity index (χ1) is 13.4. The summed E-state index contributed by atoms with van der Waals surface area (Å²) in [5.41, 5.74) is -2.77. The molecule has 0 aromatic carbocycles. The van der Waals surface area contributed by atoms with Crippen LogP contribution in [0.15, 0.2) is 23.8 Å². The molecule has 0 aliphatic heterocycles. The summed E-state index contributed by atoms with van der Waals surface area (Å²) < 4.78 is 0. The predicted octanol–water partition coefficient (Wildman–Crippen LogP) is 2.38. The highest BCUT2D eigenvalue weighted by molar-refractivity contribution is 6.28. The van der Waals surface area contributed by atoms with Crippen LogP contribution in [-0.2, 0) is 9.59 Å².